The number of carbonyl (C=O) groups is 1. The van der Waals surface area contributed by atoms with Crippen molar-refractivity contribution in [1.29, 1.82) is 0 Å². The minimum atomic E-state index is -0.412. The molecule has 0 atom stereocenters. The quantitative estimate of drug-likeness (QED) is 0.471. The van der Waals surface area contributed by atoms with Gasteiger partial charge in [-0.1, -0.05) is 33.6 Å². The van der Waals surface area contributed by atoms with Gasteiger partial charge >= 0.3 is 5.97 Å². The first kappa shape index (κ1) is 20.4. The lowest BCUT2D eigenvalue weighted by Crippen LogP contribution is -2.11. The molecule has 0 radical (unpaired) electrons. The lowest BCUT2D eigenvalue weighted by atomic mass is 10.1. The van der Waals surface area contributed by atoms with Gasteiger partial charge in [0.1, 0.15) is 11.3 Å². The topological polar surface area (TPSA) is 60.5 Å². The normalized spacial score (nSPS) is 10.8. The maximum absolute atomic E-state index is 12.5. The first-order chi connectivity index (χ1) is 13.4. The van der Waals surface area contributed by atoms with Crippen LogP contribution >= 0.6 is 27.5 Å². The number of aromatic nitrogens is 1. The van der Waals surface area contributed by atoms with E-state index in [0.29, 0.717) is 35.2 Å². The Balaban J connectivity index is 2.04. The summed E-state index contributed by atoms with van der Waals surface area (Å²) in [7, 11) is 1.58. The van der Waals surface area contributed by atoms with Crippen molar-refractivity contribution in [1.82, 2.24) is 4.98 Å². The second kappa shape index (κ2) is 8.80. The minimum Gasteiger partial charge on any atom is -0.495 e. The SMILES string of the molecule is CCOC(=O)c1cnc2c(C)cc(Br)cc2c1NCc1ccc(OC)c(Cl)c1. The van der Waals surface area contributed by atoms with E-state index in [1.165, 1.54) is 0 Å². The number of aryl methyl sites for hydroxylation is 1. The number of benzene rings is 2. The van der Waals surface area contributed by atoms with Crippen LogP contribution in [-0.2, 0) is 11.3 Å². The third kappa shape index (κ3) is 4.23. The van der Waals surface area contributed by atoms with Crippen LogP contribution in [0.1, 0.15) is 28.4 Å². The second-order valence-electron chi connectivity index (χ2n) is 6.21. The molecule has 0 saturated heterocycles. The van der Waals surface area contributed by atoms with Crippen LogP contribution in [0.3, 0.4) is 0 Å². The number of nitrogens with zero attached hydrogens (tertiary/aromatic N) is 1. The van der Waals surface area contributed by atoms with Gasteiger partial charge in [0.05, 0.1) is 29.9 Å². The number of pyridine rings is 1. The summed E-state index contributed by atoms with van der Waals surface area (Å²) in [4.78, 5) is 17.0. The van der Waals surface area contributed by atoms with Gasteiger partial charge in [0.15, 0.2) is 0 Å². The Bertz CT molecular complexity index is 1040. The summed E-state index contributed by atoms with van der Waals surface area (Å²) >= 11 is 9.76. The van der Waals surface area contributed by atoms with Gasteiger partial charge in [-0.2, -0.15) is 0 Å². The van der Waals surface area contributed by atoms with Gasteiger partial charge in [0, 0.05) is 22.6 Å². The monoisotopic (exact) mass is 462 g/mol. The Hall–Kier alpha value is -2.31. The number of carbonyl (C=O) groups excluding carboxylic acids is 1. The van der Waals surface area contributed by atoms with Gasteiger partial charge in [-0.15, -0.1) is 0 Å². The van der Waals surface area contributed by atoms with E-state index < -0.39 is 5.97 Å². The summed E-state index contributed by atoms with van der Waals surface area (Å²) in [6, 6.07) is 9.51. The van der Waals surface area contributed by atoms with Crippen LogP contribution in [0, 0.1) is 6.92 Å². The largest absolute Gasteiger partial charge is 0.495 e. The molecule has 0 amide bonds. The van der Waals surface area contributed by atoms with E-state index in [1.807, 2.05) is 37.3 Å². The molecule has 0 saturated carbocycles. The van der Waals surface area contributed by atoms with Gasteiger partial charge in [0.2, 0.25) is 0 Å². The van der Waals surface area contributed by atoms with Crippen molar-refractivity contribution in [2.24, 2.45) is 0 Å². The number of esters is 1. The van der Waals surface area contributed by atoms with Gasteiger partial charge in [-0.25, -0.2) is 4.79 Å². The number of nitrogens with one attached hydrogen (secondary N) is 1. The molecule has 146 valence electrons. The molecule has 0 bridgehead atoms. The Kier molecular flexibility index (Phi) is 6.42. The van der Waals surface area contributed by atoms with Crippen molar-refractivity contribution in [3.8, 4) is 5.75 Å². The van der Waals surface area contributed by atoms with Crippen LogP contribution in [0.25, 0.3) is 10.9 Å². The van der Waals surface area contributed by atoms with Crippen LogP contribution in [-0.4, -0.2) is 24.7 Å². The maximum atomic E-state index is 12.5. The van der Waals surface area contributed by atoms with Crippen LogP contribution < -0.4 is 10.1 Å². The molecule has 0 aliphatic rings. The summed E-state index contributed by atoms with van der Waals surface area (Å²) < 4.78 is 11.3. The molecule has 3 rings (SSSR count). The molecule has 7 heteroatoms. The number of anilines is 1. The summed E-state index contributed by atoms with van der Waals surface area (Å²) in [6.45, 7) is 4.53. The maximum Gasteiger partial charge on any atom is 0.341 e. The molecule has 0 spiro atoms. The first-order valence-electron chi connectivity index (χ1n) is 8.76. The molecule has 0 aliphatic carbocycles. The van der Waals surface area contributed by atoms with Gasteiger partial charge in [-0.05, 0) is 49.2 Å². The molecule has 0 unspecified atom stereocenters. The highest BCUT2D eigenvalue weighted by molar-refractivity contribution is 9.10. The Morgan fingerprint density at radius 2 is 2.07 bits per heavy atom. The molecular formula is C21H20BrClN2O3. The van der Waals surface area contributed by atoms with E-state index in [1.54, 1.807) is 20.2 Å². The summed E-state index contributed by atoms with van der Waals surface area (Å²) in [5.74, 6) is 0.205. The van der Waals surface area contributed by atoms with E-state index in [9.17, 15) is 4.79 Å². The number of methoxy groups -OCH3 is 1. The van der Waals surface area contributed by atoms with E-state index >= 15 is 0 Å². The second-order valence-corrected chi connectivity index (χ2v) is 7.53. The molecule has 1 heterocycles. The van der Waals surface area contributed by atoms with Gasteiger partial charge in [-0.3, -0.25) is 4.98 Å². The zero-order chi connectivity index (χ0) is 20.3. The van der Waals surface area contributed by atoms with Crippen LogP contribution in [0.2, 0.25) is 5.02 Å². The zero-order valence-corrected chi connectivity index (χ0v) is 18.1. The number of rotatable bonds is 6. The highest BCUT2D eigenvalue weighted by Gasteiger charge is 2.18. The number of ether oxygens (including phenoxy) is 2. The van der Waals surface area contributed by atoms with Gasteiger partial charge < -0.3 is 14.8 Å². The molecule has 0 fully saturated rings. The number of hydrogen-bond acceptors (Lipinski definition) is 5. The highest BCUT2D eigenvalue weighted by atomic mass is 79.9. The molecule has 1 N–H and O–H groups in total. The molecule has 1 aromatic heterocycles. The lowest BCUT2D eigenvalue weighted by Gasteiger charge is -2.16. The molecule has 28 heavy (non-hydrogen) atoms. The summed E-state index contributed by atoms with van der Waals surface area (Å²) in [6.07, 6.45) is 1.56. The van der Waals surface area contributed by atoms with Crippen LogP contribution in [0.15, 0.2) is 41.0 Å². The third-order valence-corrected chi connectivity index (χ3v) is 5.06. The average molecular weight is 464 g/mol. The molecule has 5 nitrogen and oxygen atoms in total. The predicted molar refractivity (Wildman–Crippen MR) is 115 cm³/mol. The fourth-order valence-corrected chi connectivity index (χ4v) is 3.85. The standard InChI is InChI=1S/C21H20BrClN2O3/c1-4-28-21(26)16-11-25-19-12(2)7-14(22)9-15(19)20(16)24-10-13-5-6-18(27-3)17(23)8-13/h5-9,11H,4,10H2,1-3H3,(H,24,25). The van der Waals surface area contributed by atoms with Crippen molar-refractivity contribution in [3.05, 3.63) is 62.7 Å². The van der Waals surface area contributed by atoms with Crippen molar-refractivity contribution in [2.75, 3.05) is 19.0 Å². The number of hydrogen-bond donors (Lipinski definition) is 1. The fourth-order valence-electron chi connectivity index (χ4n) is 3.00. The van der Waals surface area contributed by atoms with E-state index in [0.717, 1.165) is 26.5 Å². The summed E-state index contributed by atoms with van der Waals surface area (Å²) in [5, 5.41) is 4.75. The molecule has 2 aromatic carbocycles. The van der Waals surface area contributed by atoms with Crippen molar-refractivity contribution in [3.63, 3.8) is 0 Å². The molecular weight excluding hydrogens is 444 g/mol. The smallest absolute Gasteiger partial charge is 0.341 e. The Morgan fingerprint density at radius 3 is 2.75 bits per heavy atom. The van der Waals surface area contributed by atoms with E-state index in [2.05, 4.69) is 26.2 Å². The number of halogens is 2. The van der Waals surface area contributed by atoms with Crippen molar-refractivity contribution >= 4 is 50.1 Å². The molecule has 0 aliphatic heterocycles. The third-order valence-electron chi connectivity index (χ3n) is 4.31. The number of fused-ring (bicyclic) bond motifs is 1. The Labute approximate surface area is 177 Å². The van der Waals surface area contributed by atoms with E-state index in [-0.39, 0.29) is 0 Å². The Morgan fingerprint density at radius 1 is 1.29 bits per heavy atom. The lowest BCUT2D eigenvalue weighted by molar-refractivity contribution is 0.0527. The van der Waals surface area contributed by atoms with Crippen molar-refractivity contribution < 1.29 is 14.3 Å². The predicted octanol–water partition coefficient (Wildman–Crippen LogP) is 5.76. The van der Waals surface area contributed by atoms with Crippen molar-refractivity contribution in [2.45, 2.75) is 20.4 Å². The molecule has 3 aromatic rings. The minimum absolute atomic E-state index is 0.294. The first-order valence-corrected chi connectivity index (χ1v) is 9.94. The summed E-state index contributed by atoms with van der Waals surface area (Å²) in [5.41, 5.74) is 3.87. The van der Waals surface area contributed by atoms with Crippen LogP contribution in [0.5, 0.6) is 5.75 Å². The fraction of sp³-hybridized carbons (Fsp3) is 0.238. The highest BCUT2D eigenvalue weighted by Crippen LogP contribution is 2.32. The van der Waals surface area contributed by atoms with Crippen LogP contribution in [0.4, 0.5) is 5.69 Å². The van der Waals surface area contributed by atoms with E-state index in [4.69, 9.17) is 21.1 Å². The van der Waals surface area contributed by atoms with Gasteiger partial charge in [0.25, 0.3) is 0 Å². The average Bonchev–Trinajstić information content (AvgIpc) is 2.66. The zero-order valence-electron chi connectivity index (χ0n) is 15.8.